The number of nitrogens with one attached hydrogen (secondary N) is 1. The molecule has 0 saturated carbocycles. The number of nitrogens with two attached hydrogens (primary N) is 1. The second-order valence-corrected chi connectivity index (χ2v) is 3.64. The Bertz CT molecular complexity index is 611. The predicted octanol–water partition coefficient (Wildman–Crippen LogP) is 1.90. The second kappa shape index (κ2) is 4.75. The van der Waals surface area contributed by atoms with Gasteiger partial charge in [-0.15, -0.1) is 5.10 Å². The Morgan fingerprint density at radius 2 is 2.33 bits per heavy atom. The third-order valence-corrected chi connectivity index (χ3v) is 2.43. The lowest BCUT2D eigenvalue weighted by Crippen LogP contribution is -2.03. The van der Waals surface area contributed by atoms with Crippen LogP contribution in [0, 0.1) is 17.1 Å². The van der Waals surface area contributed by atoms with Gasteiger partial charge in [0.1, 0.15) is 23.3 Å². The Labute approximate surface area is 104 Å². The molecule has 0 radical (unpaired) electrons. The van der Waals surface area contributed by atoms with Crippen LogP contribution in [0.15, 0.2) is 24.3 Å². The van der Waals surface area contributed by atoms with Crippen molar-refractivity contribution < 1.29 is 4.39 Å². The van der Waals surface area contributed by atoms with E-state index in [0.29, 0.717) is 18.1 Å². The number of hydrogen-bond acceptors (Lipinski definition) is 4. The molecule has 0 saturated heterocycles. The van der Waals surface area contributed by atoms with Crippen molar-refractivity contribution in [2.45, 2.75) is 6.92 Å². The number of aromatic nitrogens is 2. The lowest BCUT2D eigenvalue weighted by atomic mass is 10.3. The van der Waals surface area contributed by atoms with Crippen LogP contribution in [-0.4, -0.2) is 16.3 Å². The van der Waals surface area contributed by atoms with Gasteiger partial charge >= 0.3 is 0 Å². The van der Waals surface area contributed by atoms with Crippen LogP contribution in [0.1, 0.15) is 12.5 Å². The summed E-state index contributed by atoms with van der Waals surface area (Å²) in [5.74, 6) is 0.215. The highest BCUT2D eigenvalue weighted by atomic mass is 19.1. The maximum absolute atomic E-state index is 13.2. The van der Waals surface area contributed by atoms with Crippen molar-refractivity contribution in [1.29, 1.82) is 5.26 Å². The monoisotopic (exact) mass is 245 g/mol. The van der Waals surface area contributed by atoms with E-state index in [1.165, 1.54) is 16.8 Å². The molecule has 1 heterocycles. The molecule has 0 aliphatic carbocycles. The minimum absolute atomic E-state index is 0.194. The van der Waals surface area contributed by atoms with Gasteiger partial charge in [-0.3, -0.25) is 0 Å². The summed E-state index contributed by atoms with van der Waals surface area (Å²) in [5.41, 5.74) is 6.59. The Balaban J connectivity index is 2.56. The Kier molecular flexibility index (Phi) is 3.15. The van der Waals surface area contributed by atoms with Gasteiger partial charge in [0.15, 0.2) is 5.82 Å². The SMILES string of the molecule is CCNc1nn(-c2cccc(F)c2)c(N)c1C#N. The zero-order valence-corrected chi connectivity index (χ0v) is 9.81. The predicted molar refractivity (Wildman–Crippen MR) is 66.8 cm³/mol. The van der Waals surface area contributed by atoms with Gasteiger partial charge in [0.05, 0.1) is 5.69 Å². The average Bonchev–Trinajstić information content (AvgIpc) is 2.66. The highest BCUT2D eigenvalue weighted by Crippen LogP contribution is 2.24. The number of nitriles is 1. The van der Waals surface area contributed by atoms with Crippen LogP contribution >= 0.6 is 0 Å². The maximum atomic E-state index is 13.2. The fraction of sp³-hybridized carbons (Fsp3) is 0.167. The van der Waals surface area contributed by atoms with Gasteiger partial charge in [0.2, 0.25) is 0 Å². The summed E-state index contributed by atoms with van der Waals surface area (Å²) in [7, 11) is 0. The summed E-state index contributed by atoms with van der Waals surface area (Å²) in [6.07, 6.45) is 0. The molecule has 2 rings (SSSR count). The van der Waals surface area contributed by atoms with E-state index in [0.717, 1.165) is 0 Å². The topological polar surface area (TPSA) is 79.7 Å². The molecule has 3 N–H and O–H groups in total. The van der Waals surface area contributed by atoms with Crippen molar-refractivity contribution in [2.75, 3.05) is 17.6 Å². The van der Waals surface area contributed by atoms with Gasteiger partial charge in [0.25, 0.3) is 0 Å². The van der Waals surface area contributed by atoms with Gasteiger partial charge < -0.3 is 11.1 Å². The van der Waals surface area contributed by atoms with Gasteiger partial charge in [-0.2, -0.15) is 5.26 Å². The molecular weight excluding hydrogens is 233 g/mol. The van der Waals surface area contributed by atoms with Crippen molar-refractivity contribution in [3.63, 3.8) is 0 Å². The summed E-state index contributed by atoms with van der Waals surface area (Å²) in [4.78, 5) is 0. The molecule has 5 nitrogen and oxygen atoms in total. The molecule has 0 bridgehead atoms. The smallest absolute Gasteiger partial charge is 0.168 e. The third-order valence-electron chi connectivity index (χ3n) is 2.43. The van der Waals surface area contributed by atoms with Gasteiger partial charge in [-0.25, -0.2) is 9.07 Å². The van der Waals surface area contributed by atoms with E-state index in [1.54, 1.807) is 12.1 Å². The highest BCUT2D eigenvalue weighted by molar-refractivity contribution is 5.66. The van der Waals surface area contributed by atoms with Crippen LogP contribution in [0.25, 0.3) is 5.69 Å². The van der Waals surface area contributed by atoms with E-state index in [-0.39, 0.29) is 17.2 Å². The summed E-state index contributed by atoms with van der Waals surface area (Å²) in [5, 5.41) is 16.2. The largest absolute Gasteiger partial charge is 0.382 e. The molecule has 0 amide bonds. The number of anilines is 2. The first-order valence-electron chi connectivity index (χ1n) is 5.45. The minimum Gasteiger partial charge on any atom is -0.382 e. The molecule has 1 aromatic heterocycles. The molecule has 0 aliphatic rings. The molecule has 0 aliphatic heterocycles. The number of nitrogen functional groups attached to an aromatic ring is 1. The first kappa shape index (κ1) is 11.9. The summed E-state index contributed by atoms with van der Waals surface area (Å²) < 4.78 is 14.5. The lowest BCUT2D eigenvalue weighted by Gasteiger charge is -2.03. The highest BCUT2D eigenvalue weighted by Gasteiger charge is 2.15. The molecule has 0 fully saturated rings. The number of rotatable bonds is 3. The van der Waals surface area contributed by atoms with Crippen LogP contribution in [0.4, 0.5) is 16.0 Å². The van der Waals surface area contributed by atoms with Crippen molar-refractivity contribution in [3.05, 3.63) is 35.6 Å². The Hall–Kier alpha value is -2.55. The van der Waals surface area contributed by atoms with Gasteiger partial charge in [-0.05, 0) is 25.1 Å². The lowest BCUT2D eigenvalue weighted by molar-refractivity contribution is 0.625. The van der Waals surface area contributed by atoms with Crippen LogP contribution in [0.3, 0.4) is 0 Å². The molecule has 6 heteroatoms. The first-order valence-corrected chi connectivity index (χ1v) is 5.45. The molecule has 0 atom stereocenters. The Morgan fingerprint density at radius 3 is 2.94 bits per heavy atom. The van der Waals surface area contributed by atoms with Crippen molar-refractivity contribution in [3.8, 4) is 11.8 Å². The van der Waals surface area contributed by atoms with Crippen molar-refractivity contribution in [1.82, 2.24) is 9.78 Å². The molecular formula is C12H12FN5. The second-order valence-electron chi connectivity index (χ2n) is 3.64. The van der Waals surface area contributed by atoms with Crippen LogP contribution in [0.2, 0.25) is 0 Å². The molecule has 2 aromatic rings. The minimum atomic E-state index is -0.383. The molecule has 0 unspecified atom stereocenters. The number of halogens is 1. The van der Waals surface area contributed by atoms with E-state index in [4.69, 9.17) is 11.0 Å². The summed E-state index contributed by atoms with van der Waals surface area (Å²) in [6, 6.07) is 7.86. The van der Waals surface area contributed by atoms with E-state index < -0.39 is 0 Å². The number of benzene rings is 1. The number of nitrogens with zero attached hydrogens (tertiary/aromatic N) is 3. The average molecular weight is 245 g/mol. The van der Waals surface area contributed by atoms with E-state index in [2.05, 4.69) is 10.4 Å². The summed E-state index contributed by atoms with van der Waals surface area (Å²) in [6.45, 7) is 2.51. The fourth-order valence-electron chi connectivity index (χ4n) is 1.64. The van der Waals surface area contributed by atoms with Crippen LogP contribution in [0.5, 0.6) is 0 Å². The quantitative estimate of drug-likeness (QED) is 0.865. The standard InChI is InChI=1S/C12H12FN5/c1-2-16-12-10(7-14)11(15)18(17-12)9-5-3-4-8(13)6-9/h3-6H,2,15H2,1H3,(H,16,17). The van der Waals surface area contributed by atoms with Crippen LogP contribution in [-0.2, 0) is 0 Å². The Morgan fingerprint density at radius 1 is 1.56 bits per heavy atom. The molecule has 1 aromatic carbocycles. The van der Waals surface area contributed by atoms with E-state index >= 15 is 0 Å². The summed E-state index contributed by atoms with van der Waals surface area (Å²) >= 11 is 0. The first-order chi connectivity index (χ1) is 8.67. The molecule has 18 heavy (non-hydrogen) atoms. The molecule has 92 valence electrons. The van der Waals surface area contributed by atoms with Crippen LogP contribution < -0.4 is 11.1 Å². The van der Waals surface area contributed by atoms with Crippen molar-refractivity contribution >= 4 is 11.6 Å². The fourth-order valence-corrected chi connectivity index (χ4v) is 1.64. The number of hydrogen-bond donors (Lipinski definition) is 2. The van der Waals surface area contributed by atoms with E-state index in [9.17, 15) is 4.39 Å². The van der Waals surface area contributed by atoms with Gasteiger partial charge in [-0.1, -0.05) is 6.07 Å². The third kappa shape index (κ3) is 1.98. The zero-order chi connectivity index (χ0) is 13.1. The van der Waals surface area contributed by atoms with Crippen molar-refractivity contribution in [2.24, 2.45) is 0 Å². The van der Waals surface area contributed by atoms with E-state index in [1.807, 2.05) is 13.0 Å². The normalized spacial score (nSPS) is 10.1. The van der Waals surface area contributed by atoms with Gasteiger partial charge in [0, 0.05) is 6.54 Å². The molecule has 0 spiro atoms. The zero-order valence-electron chi connectivity index (χ0n) is 9.81. The maximum Gasteiger partial charge on any atom is 0.168 e.